The summed E-state index contributed by atoms with van der Waals surface area (Å²) in [5.41, 5.74) is 2.75. The number of nitrogens with one attached hydrogen (secondary N) is 1. The van der Waals surface area contributed by atoms with Crippen LogP contribution in [0.4, 0.5) is 5.69 Å². The third-order valence-corrected chi connectivity index (χ3v) is 6.30. The molecule has 0 bridgehead atoms. The van der Waals surface area contributed by atoms with Crippen LogP contribution in [0.1, 0.15) is 15.8 Å². The Morgan fingerprint density at radius 1 is 1.00 bits per heavy atom. The van der Waals surface area contributed by atoms with Crippen LogP contribution < -0.4 is 5.32 Å². The molecule has 0 fully saturated rings. The number of hydrogen-bond acceptors (Lipinski definition) is 4. The quantitative estimate of drug-likeness (QED) is 0.420. The molecule has 1 aromatic heterocycles. The van der Waals surface area contributed by atoms with Crippen LogP contribution in [0.5, 0.6) is 0 Å². The number of carbonyl (C=O) groups excluding carboxylic acids is 1. The van der Waals surface area contributed by atoms with Gasteiger partial charge in [-0.2, -0.15) is 0 Å². The molecular formula is C22H18N2OS2. The van der Waals surface area contributed by atoms with Crippen LogP contribution in [0.25, 0.3) is 10.2 Å². The number of amides is 1. The molecule has 1 atom stereocenters. The molecule has 0 radical (unpaired) electrons. The molecular weight excluding hydrogens is 372 g/mol. The molecule has 3 aromatic carbocycles. The van der Waals surface area contributed by atoms with Crippen molar-refractivity contribution >= 4 is 44.9 Å². The monoisotopic (exact) mass is 390 g/mol. The summed E-state index contributed by atoms with van der Waals surface area (Å²) in [7, 11) is 0. The van der Waals surface area contributed by atoms with E-state index in [1.165, 1.54) is 0 Å². The molecule has 0 saturated carbocycles. The van der Waals surface area contributed by atoms with Crippen LogP contribution in [-0.2, 0) is 4.79 Å². The van der Waals surface area contributed by atoms with Crippen LogP contribution in [0.2, 0.25) is 0 Å². The summed E-state index contributed by atoms with van der Waals surface area (Å²) in [5, 5.41) is 3.78. The minimum Gasteiger partial charge on any atom is -0.325 e. The van der Waals surface area contributed by atoms with Gasteiger partial charge in [-0.3, -0.25) is 4.79 Å². The maximum absolute atomic E-state index is 13.1. The van der Waals surface area contributed by atoms with Gasteiger partial charge in [-0.25, -0.2) is 4.98 Å². The second-order valence-corrected chi connectivity index (χ2v) is 8.54. The summed E-state index contributed by atoms with van der Waals surface area (Å²) < 4.78 is 1.08. The van der Waals surface area contributed by atoms with E-state index in [2.05, 4.69) is 10.3 Å². The van der Waals surface area contributed by atoms with Gasteiger partial charge in [-0.1, -0.05) is 48.5 Å². The van der Waals surface area contributed by atoms with E-state index in [0.29, 0.717) is 0 Å². The van der Waals surface area contributed by atoms with E-state index in [0.717, 1.165) is 31.4 Å². The first-order chi connectivity index (χ1) is 13.2. The SMILES string of the molecule is Cc1nc2ccc(NC(=O)C(Sc3ccccc3)c3ccccc3)cc2s1. The Balaban J connectivity index is 1.61. The van der Waals surface area contributed by atoms with Crippen LogP contribution in [0.3, 0.4) is 0 Å². The Bertz CT molecular complexity index is 1060. The summed E-state index contributed by atoms with van der Waals surface area (Å²) >= 11 is 3.19. The first-order valence-electron chi connectivity index (χ1n) is 8.64. The van der Waals surface area contributed by atoms with Crippen molar-refractivity contribution in [1.82, 2.24) is 4.98 Å². The molecule has 4 aromatic rings. The zero-order valence-electron chi connectivity index (χ0n) is 14.8. The Hall–Kier alpha value is -2.63. The van der Waals surface area contributed by atoms with E-state index in [1.54, 1.807) is 23.1 Å². The number of thiazole rings is 1. The largest absolute Gasteiger partial charge is 0.325 e. The van der Waals surface area contributed by atoms with Gasteiger partial charge < -0.3 is 5.32 Å². The number of rotatable bonds is 5. The molecule has 0 aliphatic rings. The van der Waals surface area contributed by atoms with Gasteiger partial charge >= 0.3 is 0 Å². The van der Waals surface area contributed by atoms with E-state index in [1.807, 2.05) is 85.8 Å². The highest BCUT2D eigenvalue weighted by atomic mass is 32.2. The molecule has 1 unspecified atom stereocenters. The summed E-state index contributed by atoms with van der Waals surface area (Å²) in [6, 6.07) is 25.8. The highest BCUT2D eigenvalue weighted by Crippen LogP contribution is 2.36. The van der Waals surface area contributed by atoms with E-state index in [4.69, 9.17) is 0 Å². The number of hydrogen-bond donors (Lipinski definition) is 1. The molecule has 1 heterocycles. The molecule has 0 aliphatic carbocycles. The molecule has 0 aliphatic heterocycles. The van der Waals surface area contributed by atoms with Crippen LogP contribution >= 0.6 is 23.1 Å². The van der Waals surface area contributed by atoms with Gasteiger partial charge in [-0.15, -0.1) is 23.1 Å². The van der Waals surface area contributed by atoms with Crippen molar-refractivity contribution in [2.24, 2.45) is 0 Å². The second-order valence-electron chi connectivity index (χ2n) is 6.13. The Morgan fingerprint density at radius 2 is 1.70 bits per heavy atom. The van der Waals surface area contributed by atoms with Crippen molar-refractivity contribution < 1.29 is 4.79 Å². The zero-order chi connectivity index (χ0) is 18.6. The summed E-state index contributed by atoms with van der Waals surface area (Å²) in [5.74, 6) is -0.0318. The molecule has 0 saturated heterocycles. The molecule has 0 spiro atoms. The fourth-order valence-electron chi connectivity index (χ4n) is 2.86. The number of nitrogens with zero attached hydrogens (tertiary/aromatic N) is 1. The number of thioether (sulfide) groups is 1. The lowest BCUT2D eigenvalue weighted by Crippen LogP contribution is -2.19. The molecule has 27 heavy (non-hydrogen) atoms. The lowest BCUT2D eigenvalue weighted by Gasteiger charge is -2.17. The summed E-state index contributed by atoms with van der Waals surface area (Å²) in [6.45, 7) is 1.99. The zero-order valence-corrected chi connectivity index (χ0v) is 16.4. The van der Waals surface area contributed by atoms with Crippen molar-refractivity contribution in [3.05, 3.63) is 89.4 Å². The predicted molar refractivity (Wildman–Crippen MR) is 114 cm³/mol. The average Bonchev–Trinajstić information content (AvgIpc) is 3.07. The molecule has 1 N–H and O–H groups in total. The third-order valence-electron chi connectivity index (χ3n) is 4.10. The minimum absolute atomic E-state index is 0.0318. The van der Waals surface area contributed by atoms with Gasteiger partial charge in [0.05, 0.1) is 15.2 Å². The van der Waals surface area contributed by atoms with Crippen LogP contribution in [0.15, 0.2) is 83.8 Å². The predicted octanol–water partition coefficient (Wildman–Crippen LogP) is 6.08. The Morgan fingerprint density at radius 3 is 2.44 bits per heavy atom. The molecule has 3 nitrogen and oxygen atoms in total. The number of fused-ring (bicyclic) bond motifs is 1. The fourth-order valence-corrected chi connectivity index (χ4v) is 4.77. The molecule has 1 amide bonds. The number of anilines is 1. The topological polar surface area (TPSA) is 42.0 Å². The second kappa shape index (κ2) is 7.94. The Labute approximate surface area is 166 Å². The minimum atomic E-state index is -0.326. The first-order valence-corrected chi connectivity index (χ1v) is 10.3. The lowest BCUT2D eigenvalue weighted by molar-refractivity contribution is -0.115. The average molecular weight is 391 g/mol. The van der Waals surface area contributed by atoms with Gasteiger partial charge in [0.2, 0.25) is 5.91 Å². The maximum atomic E-state index is 13.1. The number of benzene rings is 3. The van der Waals surface area contributed by atoms with E-state index >= 15 is 0 Å². The summed E-state index contributed by atoms with van der Waals surface area (Å²) in [6.07, 6.45) is 0. The van der Waals surface area contributed by atoms with Gasteiger partial charge in [-0.05, 0) is 42.8 Å². The first kappa shape index (κ1) is 17.8. The van der Waals surface area contributed by atoms with Crippen molar-refractivity contribution in [2.45, 2.75) is 17.1 Å². The summed E-state index contributed by atoms with van der Waals surface area (Å²) in [4.78, 5) is 18.7. The van der Waals surface area contributed by atoms with Crippen molar-refractivity contribution in [2.75, 3.05) is 5.32 Å². The molecule has 4 rings (SSSR count). The van der Waals surface area contributed by atoms with Crippen molar-refractivity contribution in [1.29, 1.82) is 0 Å². The van der Waals surface area contributed by atoms with Gasteiger partial charge in [0.15, 0.2) is 0 Å². The van der Waals surface area contributed by atoms with Crippen molar-refractivity contribution in [3.8, 4) is 0 Å². The normalized spacial score (nSPS) is 12.0. The smallest absolute Gasteiger partial charge is 0.242 e. The maximum Gasteiger partial charge on any atom is 0.242 e. The van der Waals surface area contributed by atoms with Gasteiger partial charge in [0, 0.05) is 10.6 Å². The lowest BCUT2D eigenvalue weighted by atomic mass is 10.1. The number of aromatic nitrogens is 1. The molecule has 134 valence electrons. The van der Waals surface area contributed by atoms with Crippen LogP contribution in [0, 0.1) is 6.92 Å². The van der Waals surface area contributed by atoms with Gasteiger partial charge in [0.1, 0.15) is 5.25 Å². The third kappa shape index (κ3) is 4.21. The van der Waals surface area contributed by atoms with E-state index in [9.17, 15) is 4.79 Å². The van der Waals surface area contributed by atoms with Crippen molar-refractivity contribution in [3.63, 3.8) is 0 Å². The molecule has 5 heteroatoms. The number of carbonyl (C=O) groups is 1. The fraction of sp³-hybridized carbons (Fsp3) is 0.0909. The highest BCUT2D eigenvalue weighted by molar-refractivity contribution is 8.00. The Kier molecular flexibility index (Phi) is 5.23. The van der Waals surface area contributed by atoms with E-state index < -0.39 is 0 Å². The van der Waals surface area contributed by atoms with E-state index in [-0.39, 0.29) is 11.2 Å². The standard InChI is InChI=1S/C22H18N2OS2/c1-15-23-19-13-12-17(14-20(19)26-15)24-22(25)21(16-8-4-2-5-9-16)27-18-10-6-3-7-11-18/h2-14,21H,1H3,(H,24,25). The number of aryl methyl sites for hydroxylation is 1. The highest BCUT2D eigenvalue weighted by Gasteiger charge is 2.22. The van der Waals surface area contributed by atoms with Gasteiger partial charge in [0.25, 0.3) is 0 Å². The van der Waals surface area contributed by atoms with Crippen LogP contribution in [-0.4, -0.2) is 10.9 Å².